The van der Waals surface area contributed by atoms with Crippen LogP contribution < -0.4 is 5.73 Å². The van der Waals surface area contributed by atoms with Gasteiger partial charge in [0.15, 0.2) is 0 Å². The lowest BCUT2D eigenvalue weighted by Gasteiger charge is -2.32. The molecule has 0 saturated heterocycles. The third-order valence-electron chi connectivity index (χ3n) is 3.56. The van der Waals surface area contributed by atoms with E-state index in [2.05, 4.69) is 15.1 Å². The van der Waals surface area contributed by atoms with Gasteiger partial charge >= 0.3 is 5.79 Å². The van der Waals surface area contributed by atoms with Crippen molar-refractivity contribution < 1.29 is 10.1 Å². The summed E-state index contributed by atoms with van der Waals surface area (Å²) in [5.74, 6) is -1.83. The Morgan fingerprint density at radius 2 is 2.11 bits per heavy atom. The number of hydrogen-bond donors (Lipinski definition) is 2. The molecule has 0 spiro atoms. The molecule has 1 aliphatic rings. The summed E-state index contributed by atoms with van der Waals surface area (Å²) in [6.07, 6.45) is 2.99. The molecular weight excluding hydrogens is 250 g/mol. The highest BCUT2D eigenvalue weighted by molar-refractivity contribution is 6.17. The summed E-state index contributed by atoms with van der Waals surface area (Å²) in [5, 5.41) is 23.5. The smallest absolute Gasteiger partial charge is 0.411 e. The van der Waals surface area contributed by atoms with Crippen molar-refractivity contribution in [2.24, 2.45) is 26.3 Å². The lowest BCUT2D eigenvalue weighted by molar-refractivity contribution is -0.563. The van der Waals surface area contributed by atoms with Crippen molar-refractivity contribution in [3.63, 3.8) is 0 Å². The predicted molar refractivity (Wildman–Crippen MR) is 72.6 cm³/mol. The van der Waals surface area contributed by atoms with Gasteiger partial charge in [0.1, 0.15) is 6.42 Å². The lowest BCUT2D eigenvalue weighted by Crippen LogP contribution is -2.47. The van der Waals surface area contributed by atoms with Crippen molar-refractivity contribution in [3.8, 4) is 0 Å². The Balaban J connectivity index is 3.04. The van der Waals surface area contributed by atoms with Gasteiger partial charge in [0, 0.05) is 23.9 Å². The molecule has 0 amide bonds. The minimum atomic E-state index is -1.83. The molecule has 0 aromatic heterocycles. The van der Waals surface area contributed by atoms with Gasteiger partial charge in [-0.1, -0.05) is 25.9 Å². The number of hydrogen-bond acceptors (Lipinski definition) is 7. The number of aliphatic imine (C=N–C) groups is 2. The fraction of sp³-hybridized carbons (Fsp3) is 0.727. The Bertz CT molecular complexity index is 430. The number of nitrogens with two attached hydrogens (primary N) is 1. The zero-order valence-corrected chi connectivity index (χ0v) is 11.3. The van der Waals surface area contributed by atoms with Crippen LogP contribution in [0.1, 0.15) is 33.6 Å². The molecular formula is C11H19N5O3. The van der Waals surface area contributed by atoms with E-state index >= 15 is 0 Å². The van der Waals surface area contributed by atoms with E-state index in [9.17, 15) is 10.1 Å². The fourth-order valence-electron chi connectivity index (χ4n) is 1.93. The molecule has 0 aromatic carbocycles. The maximum atomic E-state index is 11.2. The van der Waals surface area contributed by atoms with Gasteiger partial charge < -0.3 is 10.9 Å². The van der Waals surface area contributed by atoms with E-state index in [1.54, 1.807) is 13.8 Å². The van der Waals surface area contributed by atoms with Gasteiger partial charge in [0.05, 0.1) is 10.6 Å². The number of rotatable bonds is 6. The van der Waals surface area contributed by atoms with Crippen LogP contribution in [0.3, 0.4) is 0 Å². The first kappa shape index (κ1) is 15.2. The van der Waals surface area contributed by atoms with Gasteiger partial charge in [-0.3, -0.25) is 10.1 Å². The molecule has 1 heterocycles. The minimum absolute atomic E-state index is 0.204. The van der Waals surface area contributed by atoms with E-state index in [-0.39, 0.29) is 18.2 Å². The van der Waals surface area contributed by atoms with E-state index in [1.807, 2.05) is 6.92 Å². The summed E-state index contributed by atoms with van der Waals surface area (Å²) >= 11 is 0. The van der Waals surface area contributed by atoms with Crippen molar-refractivity contribution in [1.29, 1.82) is 0 Å². The highest BCUT2D eigenvalue weighted by atomic mass is 16.6. The third kappa shape index (κ3) is 2.78. The molecule has 8 nitrogen and oxygen atoms in total. The Kier molecular flexibility index (Phi) is 4.35. The molecule has 1 unspecified atom stereocenters. The van der Waals surface area contributed by atoms with Crippen LogP contribution in [0, 0.1) is 15.5 Å². The van der Waals surface area contributed by atoms with E-state index in [0.717, 1.165) is 0 Å². The maximum Gasteiger partial charge on any atom is 0.417 e. The molecule has 1 rings (SSSR count). The summed E-state index contributed by atoms with van der Waals surface area (Å²) in [4.78, 5) is 18.1. The molecule has 0 aromatic rings. The van der Waals surface area contributed by atoms with Gasteiger partial charge in [-0.15, -0.1) is 0 Å². The van der Waals surface area contributed by atoms with Crippen LogP contribution >= 0.6 is 0 Å². The van der Waals surface area contributed by atoms with E-state index in [1.165, 1.54) is 12.4 Å². The Labute approximate surface area is 111 Å². The summed E-state index contributed by atoms with van der Waals surface area (Å²) in [7, 11) is 0. The normalized spacial score (nSPS) is 19.7. The molecule has 0 radical (unpaired) electrons. The molecule has 8 heteroatoms. The lowest BCUT2D eigenvalue weighted by atomic mass is 9.77. The highest BCUT2D eigenvalue weighted by Gasteiger charge is 2.48. The van der Waals surface area contributed by atoms with Crippen molar-refractivity contribution in [1.82, 2.24) is 0 Å². The van der Waals surface area contributed by atoms with Crippen molar-refractivity contribution >= 4 is 18.1 Å². The second kappa shape index (κ2) is 5.43. The zero-order valence-electron chi connectivity index (χ0n) is 11.3. The summed E-state index contributed by atoms with van der Waals surface area (Å²) < 4.78 is 0. The first-order valence-corrected chi connectivity index (χ1v) is 6.00. The monoisotopic (exact) mass is 269 g/mol. The van der Waals surface area contributed by atoms with Crippen LogP contribution in [0.4, 0.5) is 0 Å². The minimum Gasteiger partial charge on any atom is -0.411 e. The van der Waals surface area contributed by atoms with Crippen molar-refractivity contribution in [2.45, 2.75) is 45.4 Å². The van der Waals surface area contributed by atoms with Crippen LogP contribution in [0.2, 0.25) is 0 Å². The summed E-state index contributed by atoms with van der Waals surface area (Å²) in [6.45, 7) is 5.47. The predicted octanol–water partition coefficient (Wildman–Crippen LogP) is 1.06. The van der Waals surface area contributed by atoms with Crippen LogP contribution in [0.25, 0.3) is 0 Å². The first-order valence-electron chi connectivity index (χ1n) is 6.00. The molecule has 1 aliphatic heterocycles. The molecule has 0 aliphatic carbocycles. The van der Waals surface area contributed by atoms with Gasteiger partial charge in [-0.05, 0) is 6.42 Å². The van der Waals surface area contributed by atoms with Gasteiger partial charge in [0.2, 0.25) is 0 Å². The molecule has 0 bridgehead atoms. The van der Waals surface area contributed by atoms with Gasteiger partial charge in [-0.2, -0.15) is 9.98 Å². The Morgan fingerprint density at radius 3 is 2.47 bits per heavy atom. The fourth-order valence-corrected chi connectivity index (χ4v) is 1.93. The quantitative estimate of drug-likeness (QED) is 0.323. The standard InChI is InChI=1S/C11H19N5O3/c1-4-8(12)10(2,3)9(15-17)7-11(16(18)19)13-5-6-14-11/h5-6,8,17H,4,7,12H2,1-3H3/b15-9-. The summed E-state index contributed by atoms with van der Waals surface area (Å²) in [5.41, 5.74) is 5.52. The van der Waals surface area contributed by atoms with Crippen LogP contribution in [0.15, 0.2) is 15.1 Å². The molecule has 19 heavy (non-hydrogen) atoms. The van der Waals surface area contributed by atoms with Gasteiger partial charge in [-0.25, -0.2) is 0 Å². The van der Waals surface area contributed by atoms with Crippen LogP contribution in [0.5, 0.6) is 0 Å². The van der Waals surface area contributed by atoms with E-state index < -0.39 is 16.1 Å². The average molecular weight is 269 g/mol. The second-order valence-corrected chi connectivity index (χ2v) is 5.05. The summed E-state index contributed by atoms with van der Waals surface area (Å²) in [6, 6.07) is -0.281. The topological polar surface area (TPSA) is 126 Å². The number of oxime groups is 1. The van der Waals surface area contributed by atoms with Crippen LogP contribution in [-0.2, 0) is 0 Å². The highest BCUT2D eigenvalue weighted by Crippen LogP contribution is 2.31. The molecule has 0 fully saturated rings. The largest absolute Gasteiger partial charge is 0.417 e. The molecule has 1 atom stereocenters. The third-order valence-corrected chi connectivity index (χ3v) is 3.56. The number of nitrogens with zero attached hydrogens (tertiary/aromatic N) is 4. The van der Waals surface area contributed by atoms with Crippen molar-refractivity contribution in [2.75, 3.05) is 0 Å². The van der Waals surface area contributed by atoms with E-state index in [4.69, 9.17) is 10.9 Å². The van der Waals surface area contributed by atoms with E-state index in [0.29, 0.717) is 6.42 Å². The second-order valence-electron chi connectivity index (χ2n) is 5.05. The maximum absolute atomic E-state index is 11.2. The van der Waals surface area contributed by atoms with Crippen LogP contribution in [-0.4, -0.2) is 40.1 Å². The Morgan fingerprint density at radius 1 is 1.58 bits per heavy atom. The molecule has 106 valence electrons. The molecule has 0 saturated carbocycles. The SMILES string of the molecule is CCC(N)C(C)(C)/C(CC1([N+](=O)[O-])N=CC=N1)=N\O. The zero-order chi connectivity index (χ0) is 14.7. The number of nitro groups is 1. The Hall–Kier alpha value is -1.83. The van der Waals surface area contributed by atoms with Crippen molar-refractivity contribution in [3.05, 3.63) is 10.1 Å². The average Bonchev–Trinajstić information content (AvgIpc) is 2.84. The van der Waals surface area contributed by atoms with Gasteiger partial charge in [0.25, 0.3) is 0 Å². The first-order chi connectivity index (χ1) is 8.80. The molecule has 3 N–H and O–H groups in total.